The number of benzene rings is 2. The van der Waals surface area contributed by atoms with Gasteiger partial charge < -0.3 is 5.11 Å². The van der Waals surface area contributed by atoms with Gasteiger partial charge in [-0.2, -0.15) is 13.2 Å². The summed E-state index contributed by atoms with van der Waals surface area (Å²) in [7, 11) is 0. The van der Waals surface area contributed by atoms with E-state index in [4.69, 9.17) is 5.11 Å². The highest BCUT2D eigenvalue weighted by Crippen LogP contribution is 2.47. The Hall–Kier alpha value is -1.95. The van der Waals surface area contributed by atoms with Crippen molar-refractivity contribution in [2.24, 2.45) is 0 Å². The number of hydrogen-bond donors (Lipinski definition) is 1. The number of carboxylic acid groups (broad SMARTS) is 1. The number of hydrogen-bond acceptors (Lipinski definition) is 2. The maximum Gasteiger partial charge on any atom is 0.417 e. The molecule has 3 rings (SSSR count). The van der Waals surface area contributed by atoms with E-state index in [1.54, 1.807) is 0 Å². The van der Waals surface area contributed by atoms with Crippen LogP contribution in [0.4, 0.5) is 13.2 Å². The molecule has 0 radical (unpaired) electrons. The molecule has 20 heavy (non-hydrogen) atoms. The van der Waals surface area contributed by atoms with Crippen LogP contribution in [-0.4, -0.2) is 11.1 Å². The normalized spacial score (nSPS) is 11.9. The predicted octanol–water partition coefficient (Wildman–Crippen LogP) is 4.55. The van der Waals surface area contributed by atoms with E-state index in [0.717, 1.165) is 18.2 Å². The van der Waals surface area contributed by atoms with Gasteiger partial charge in [0, 0.05) is 9.79 Å². The summed E-state index contributed by atoms with van der Waals surface area (Å²) in [4.78, 5) is 13.3. The Labute approximate surface area is 117 Å². The van der Waals surface area contributed by atoms with Crippen molar-refractivity contribution in [3.8, 4) is 0 Å². The van der Waals surface area contributed by atoms with E-state index in [9.17, 15) is 18.0 Å². The first-order valence-corrected chi connectivity index (χ1v) is 6.37. The minimum Gasteiger partial charge on any atom is -0.478 e. The summed E-state index contributed by atoms with van der Waals surface area (Å²) in [5.74, 6) is -1.58. The first kappa shape index (κ1) is 14.5. The van der Waals surface area contributed by atoms with Crippen LogP contribution < -0.4 is 0 Å². The van der Waals surface area contributed by atoms with E-state index in [0.29, 0.717) is 0 Å². The molecule has 0 atom stereocenters. The highest BCUT2D eigenvalue weighted by Gasteiger charge is 2.34. The van der Waals surface area contributed by atoms with Crippen LogP contribution in [0.5, 0.6) is 0 Å². The van der Waals surface area contributed by atoms with Crippen molar-refractivity contribution in [3.63, 3.8) is 0 Å². The van der Waals surface area contributed by atoms with E-state index >= 15 is 0 Å². The molecule has 1 heterocycles. The topological polar surface area (TPSA) is 37.3 Å². The number of alkyl halides is 3. The summed E-state index contributed by atoms with van der Waals surface area (Å²) in [5, 5.41) is 8.43. The SMILES string of the molecule is O=C(O)c1ccccc1C(F)(F)F.c1ccc2c(c1)S2. The molecule has 2 nitrogen and oxygen atoms in total. The molecule has 0 fully saturated rings. The Morgan fingerprint density at radius 3 is 1.85 bits per heavy atom. The molecule has 0 aromatic heterocycles. The summed E-state index contributed by atoms with van der Waals surface area (Å²) in [6.45, 7) is 0. The largest absolute Gasteiger partial charge is 0.478 e. The third kappa shape index (κ3) is 3.54. The summed E-state index contributed by atoms with van der Waals surface area (Å²) < 4.78 is 36.4. The Balaban J connectivity index is 0.000000173. The lowest BCUT2D eigenvalue weighted by Crippen LogP contribution is -2.12. The first-order chi connectivity index (χ1) is 9.39. The van der Waals surface area contributed by atoms with Gasteiger partial charge in [-0.25, -0.2) is 4.79 Å². The molecule has 0 amide bonds. The number of fused-ring (bicyclic) bond motifs is 1. The smallest absolute Gasteiger partial charge is 0.417 e. The van der Waals surface area contributed by atoms with Crippen LogP contribution in [0.25, 0.3) is 0 Å². The maximum absolute atomic E-state index is 12.1. The fourth-order valence-corrected chi connectivity index (χ4v) is 2.14. The summed E-state index contributed by atoms with van der Waals surface area (Å²) in [6, 6.07) is 12.5. The second-order valence-corrected chi connectivity index (χ2v) is 4.98. The number of aromatic carboxylic acids is 1. The second kappa shape index (κ2) is 5.58. The molecule has 1 aliphatic rings. The Kier molecular flexibility index (Phi) is 4.04. The first-order valence-electron chi connectivity index (χ1n) is 5.56. The lowest BCUT2D eigenvalue weighted by atomic mass is 10.1. The maximum atomic E-state index is 12.1. The van der Waals surface area contributed by atoms with E-state index in [1.807, 2.05) is 11.8 Å². The van der Waals surface area contributed by atoms with Crippen LogP contribution in [0.1, 0.15) is 15.9 Å². The van der Waals surface area contributed by atoms with Crippen LogP contribution in [-0.2, 0) is 6.18 Å². The van der Waals surface area contributed by atoms with E-state index in [1.165, 1.54) is 15.9 Å². The van der Waals surface area contributed by atoms with Crippen LogP contribution in [0.2, 0.25) is 0 Å². The molecule has 2 aromatic carbocycles. The summed E-state index contributed by atoms with van der Waals surface area (Å²) in [6.07, 6.45) is -4.62. The minimum atomic E-state index is -4.62. The lowest BCUT2D eigenvalue weighted by molar-refractivity contribution is -0.138. The van der Waals surface area contributed by atoms with E-state index in [-0.39, 0.29) is 0 Å². The van der Waals surface area contributed by atoms with Crippen molar-refractivity contribution >= 4 is 17.7 Å². The van der Waals surface area contributed by atoms with Gasteiger partial charge in [-0.05, 0) is 24.3 Å². The zero-order valence-electron chi connectivity index (χ0n) is 10.0. The van der Waals surface area contributed by atoms with Crippen LogP contribution >= 0.6 is 11.8 Å². The zero-order valence-corrected chi connectivity index (χ0v) is 10.8. The molecule has 0 aliphatic carbocycles. The Morgan fingerprint density at radius 1 is 0.950 bits per heavy atom. The van der Waals surface area contributed by atoms with Crippen molar-refractivity contribution in [1.82, 2.24) is 0 Å². The van der Waals surface area contributed by atoms with Crippen LogP contribution in [0.3, 0.4) is 0 Å². The van der Waals surface area contributed by atoms with Gasteiger partial charge in [0.25, 0.3) is 0 Å². The average Bonchev–Trinajstić information content (AvgIpc) is 3.17. The van der Waals surface area contributed by atoms with Crippen molar-refractivity contribution in [1.29, 1.82) is 0 Å². The number of halogens is 3. The zero-order chi connectivity index (χ0) is 14.8. The highest BCUT2D eigenvalue weighted by atomic mass is 32.2. The van der Waals surface area contributed by atoms with Crippen LogP contribution in [0, 0.1) is 0 Å². The van der Waals surface area contributed by atoms with Gasteiger partial charge in [0.05, 0.1) is 11.1 Å². The molecule has 104 valence electrons. The van der Waals surface area contributed by atoms with Crippen molar-refractivity contribution in [2.45, 2.75) is 16.0 Å². The van der Waals surface area contributed by atoms with Gasteiger partial charge in [-0.3, -0.25) is 0 Å². The molecule has 6 heteroatoms. The summed E-state index contributed by atoms with van der Waals surface area (Å²) in [5.41, 5.74) is -1.85. The fourth-order valence-electron chi connectivity index (χ4n) is 1.53. The molecule has 2 aromatic rings. The van der Waals surface area contributed by atoms with Crippen molar-refractivity contribution in [3.05, 3.63) is 59.7 Å². The molecule has 0 spiro atoms. The van der Waals surface area contributed by atoms with Gasteiger partial charge in [-0.15, -0.1) is 0 Å². The quantitative estimate of drug-likeness (QED) is 0.669. The standard InChI is InChI=1S/C8H5F3O2.C6H4S/c9-8(10,11)6-4-2-1-3-5(6)7(12)13;1-2-4-6-5(3-1)7-6/h1-4H,(H,12,13);1-4H. The van der Waals surface area contributed by atoms with Gasteiger partial charge >= 0.3 is 12.1 Å². The number of rotatable bonds is 1. The molecule has 0 unspecified atom stereocenters. The molecule has 1 N–H and O–H groups in total. The van der Waals surface area contributed by atoms with E-state index < -0.39 is 23.3 Å². The number of carboxylic acids is 1. The minimum absolute atomic E-state index is 0.727. The fraction of sp³-hybridized carbons (Fsp3) is 0.0714. The van der Waals surface area contributed by atoms with Gasteiger partial charge in [0.2, 0.25) is 0 Å². The van der Waals surface area contributed by atoms with Gasteiger partial charge in [0.15, 0.2) is 0 Å². The Morgan fingerprint density at radius 2 is 1.45 bits per heavy atom. The molecular formula is C14H9F3O2S. The summed E-state index contributed by atoms with van der Waals surface area (Å²) >= 11 is 1.86. The molecule has 0 bridgehead atoms. The monoisotopic (exact) mass is 298 g/mol. The predicted molar refractivity (Wildman–Crippen MR) is 69.0 cm³/mol. The number of carbonyl (C=O) groups is 1. The third-order valence-corrected chi connectivity index (χ3v) is 3.44. The van der Waals surface area contributed by atoms with Gasteiger partial charge in [-0.1, -0.05) is 36.0 Å². The van der Waals surface area contributed by atoms with Gasteiger partial charge in [0.1, 0.15) is 0 Å². The lowest BCUT2D eigenvalue weighted by Gasteiger charge is -2.08. The van der Waals surface area contributed by atoms with Crippen molar-refractivity contribution < 1.29 is 23.1 Å². The molecule has 1 aliphatic heterocycles. The Bertz CT molecular complexity index is 617. The molecule has 0 saturated carbocycles. The van der Waals surface area contributed by atoms with Crippen LogP contribution in [0.15, 0.2) is 58.3 Å². The molecule has 0 saturated heterocycles. The van der Waals surface area contributed by atoms with Crippen molar-refractivity contribution in [2.75, 3.05) is 0 Å². The average molecular weight is 298 g/mol. The molecular weight excluding hydrogens is 289 g/mol. The third-order valence-electron chi connectivity index (χ3n) is 2.49. The second-order valence-electron chi connectivity index (χ2n) is 3.90. The highest BCUT2D eigenvalue weighted by molar-refractivity contribution is 8.04. The van der Waals surface area contributed by atoms with E-state index in [2.05, 4.69) is 24.3 Å².